The van der Waals surface area contributed by atoms with E-state index < -0.39 is 29.6 Å². The summed E-state index contributed by atoms with van der Waals surface area (Å²) in [5, 5.41) is 15.7. The zero-order valence-corrected chi connectivity index (χ0v) is 22.9. The van der Waals surface area contributed by atoms with Crippen LogP contribution in [0.5, 0.6) is 0 Å². The molecule has 0 spiro atoms. The Kier molecular flexibility index (Phi) is 8.86. The van der Waals surface area contributed by atoms with Crippen molar-refractivity contribution in [1.29, 1.82) is 0 Å². The normalized spacial score (nSPS) is 14.7. The summed E-state index contributed by atoms with van der Waals surface area (Å²) in [6.07, 6.45) is 4.31. The monoisotopic (exact) mass is 561 g/mol. The molecule has 41 heavy (non-hydrogen) atoms. The topological polar surface area (TPSA) is 138 Å². The second-order valence-electron chi connectivity index (χ2n) is 10.6. The first kappa shape index (κ1) is 28.2. The van der Waals surface area contributed by atoms with E-state index in [1.807, 2.05) is 36.4 Å². The van der Waals surface area contributed by atoms with E-state index in [4.69, 9.17) is 9.15 Å². The van der Waals surface area contributed by atoms with Crippen molar-refractivity contribution < 1.29 is 28.6 Å². The second kappa shape index (κ2) is 12.9. The van der Waals surface area contributed by atoms with Gasteiger partial charge >= 0.3 is 17.7 Å². The molecule has 10 heteroatoms. The number of anilines is 1. The van der Waals surface area contributed by atoms with Gasteiger partial charge in [0.05, 0.1) is 6.42 Å². The van der Waals surface area contributed by atoms with E-state index >= 15 is 0 Å². The van der Waals surface area contributed by atoms with Crippen LogP contribution in [0, 0.1) is 0 Å². The van der Waals surface area contributed by atoms with Crippen LogP contribution in [0.1, 0.15) is 54.4 Å². The van der Waals surface area contributed by atoms with Gasteiger partial charge in [-0.15, -0.1) is 0 Å². The van der Waals surface area contributed by atoms with Gasteiger partial charge in [0.15, 0.2) is 0 Å². The second-order valence-corrected chi connectivity index (χ2v) is 10.6. The number of benzene rings is 2. The highest BCUT2D eigenvalue weighted by Crippen LogP contribution is 2.40. The van der Waals surface area contributed by atoms with Gasteiger partial charge < -0.3 is 29.8 Å². The summed E-state index contributed by atoms with van der Waals surface area (Å²) >= 11 is 0. The number of hydrogen-bond acceptors (Lipinski definition) is 7. The van der Waals surface area contributed by atoms with Gasteiger partial charge in [-0.25, -0.2) is 14.4 Å². The fourth-order valence-electron chi connectivity index (χ4n) is 5.80. The SMILES string of the molecule is O=C(Cc1cc(=O)oc2c3c4c(cc12)CCCN4CCC3)N[C@@H](CCCCNC(=O)OCc1ccccc1)C(=O)O. The summed E-state index contributed by atoms with van der Waals surface area (Å²) in [7, 11) is 0. The molecule has 0 unspecified atom stereocenters. The van der Waals surface area contributed by atoms with Gasteiger partial charge in [-0.1, -0.05) is 30.3 Å². The average molecular weight is 562 g/mol. The summed E-state index contributed by atoms with van der Waals surface area (Å²) in [6, 6.07) is 11.6. The lowest BCUT2D eigenvalue weighted by Crippen LogP contribution is -2.41. The third-order valence-corrected chi connectivity index (χ3v) is 7.70. The van der Waals surface area contributed by atoms with Crippen molar-refractivity contribution >= 4 is 34.6 Å². The van der Waals surface area contributed by atoms with Crippen molar-refractivity contribution in [3.05, 3.63) is 75.1 Å². The highest BCUT2D eigenvalue weighted by atomic mass is 16.5. The molecule has 2 aliphatic heterocycles. The molecular formula is C31H35N3O7. The maximum atomic E-state index is 13.0. The van der Waals surface area contributed by atoms with E-state index in [0.29, 0.717) is 30.5 Å². The Morgan fingerprint density at radius 2 is 1.83 bits per heavy atom. The van der Waals surface area contributed by atoms with E-state index in [9.17, 15) is 24.3 Å². The number of amides is 2. The van der Waals surface area contributed by atoms with Crippen molar-refractivity contribution in [1.82, 2.24) is 10.6 Å². The number of rotatable bonds is 11. The molecule has 2 amide bonds. The predicted octanol–water partition coefficient (Wildman–Crippen LogP) is 3.70. The van der Waals surface area contributed by atoms with Gasteiger partial charge in [-0.3, -0.25) is 4.79 Å². The number of ether oxygens (including phenoxy) is 1. The Bertz CT molecular complexity index is 1480. The molecule has 0 bridgehead atoms. The van der Waals surface area contributed by atoms with Crippen molar-refractivity contribution in [3.8, 4) is 0 Å². The number of hydrogen-bond donors (Lipinski definition) is 3. The largest absolute Gasteiger partial charge is 0.480 e. The number of unbranched alkanes of at least 4 members (excludes halogenated alkanes) is 1. The molecule has 3 heterocycles. The quantitative estimate of drug-likeness (QED) is 0.238. The molecule has 0 saturated carbocycles. The molecular weight excluding hydrogens is 526 g/mol. The van der Waals surface area contributed by atoms with Crippen LogP contribution in [-0.2, 0) is 40.2 Å². The smallest absolute Gasteiger partial charge is 0.407 e. The summed E-state index contributed by atoms with van der Waals surface area (Å²) in [5.41, 5.74) is 4.85. The van der Waals surface area contributed by atoms with Crippen LogP contribution in [0.25, 0.3) is 11.0 Å². The molecule has 0 fully saturated rings. The lowest BCUT2D eigenvalue weighted by Gasteiger charge is -2.37. The first-order chi connectivity index (χ1) is 19.9. The minimum Gasteiger partial charge on any atom is -0.480 e. The van der Waals surface area contributed by atoms with Crippen LogP contribution < -0.4 is 21.2 Å². The third kappa shape index (κ3) is 6.87. The molecule has 2 aliphatic rings. The number of alkyl carbamates (subject to hydrolysis) is 1. The molecule has 0 radical (unpaired) electrons. The number of aryl methyl sites for hydroxylation is 2. The number of aliphatic carboxylic acids is 1. The summed E-state index contributed by atoms with van der Waals surface area (Å²) < 4.78 is 10.8. The van der Waals surface area contributed by atoms with Gasteiger partial charge in [-0.05, 0) is 67.7 Å². The lowest BCUT2D eigenvalue weighted by molar-refractivity contribution is -0.142. The van der Waals surface area contributed by atoms with Gasteiger partial charge in [0, 0.05) is 42.3 Å². The molecule has 1 atom stereocenters. The summed E-state index contributed by atoms with van der Waals surface area (Å²) in [6.45, 7) is 2.47. The van der Waals surface area contributed by atoms with Crippen molar-refractivity contribution in [2.24, 2.45) is 0 Å². The van der Waals surface area contributed by atoms with Crippen LogP contribution >= 0.6 is 0 Å². The summed E-state index contributed by atoms with van der Waals surface area (Å²) in [4.78, 5) is 51.5. The van der Waals surface area contributed by atoms with Crippen LogP contribution in [0.3, 0.4) is 0 Å². The highest BCUT2D eigenvalue weighted by molar-refractivity contribution is 5.94. The Morgan fingerprint density at radius 3 is 2.61 bits per heavy atom. The number of carbonyl (C=O) groups excluding carboxylic acids is 2. The zero-order valence-electron chi connectivity index (χ0n) is 22.9. The van der Waals surface area contributed by atoms with E-state index in [1.165, 1.54) is 17.3 Å². The fourth-order valence-corrected chi connectivity index (χ4v) is 5.80. The Hall–Kier alpha value is -4.34. The molecule has 2 aromatic carbocycles. The summed E-state index contributed by atoms with van der Waals surface area (Å²) in [5.74, 6) is -1.61. The maximum absolute atomic E-state index is 13.0. The predicted molar refractivity (Wildman–Crippen MR) is 153 cm³/mol. The van der Waals surface area contributed by atoms with E-state index in [-0.39, 0.29) is 19.4 Å². The van der Waals surface area contributed by atoms with Crippen molar-refractivity contribution in [3.63, 3.8) is 0 Å². The Labute approximate surface area is 237 Å². The van der Waals surface area contributed by atoms with Crippen LogP contribution in [0.15, 0.2) is 51.7 Å². The van der Waals surface area contributed by atoms with Crippen LogP contribution in [-0.4, -0.2) is 48.8 Å². The van der Waals surface area contributed by atoms with Gasteiger partial charge in [0.2, 0.25) is 5.91 Å². The molecule has 3 N–H and O–H groups in total. The first-order valence-electron chi connectivity index (χ1n) is 14.2. The molecule has 3 aromatic rings. The minimum absolute atomic E-state index is 0.122. The van der Waals surface area contributed by atoms with Gasteiger partial charge in [0.1, 0.15) is 18.2 Å². The number of carboxylic acids is 1. The standard InChI is InChI=1S/C31H35N3O7/c35-26(33-25(30(37)38)12-4-5-13-32-31(39)40-19-20-8-2-1-3-9-20)17-22-18-27(36)41-29-23-11-7-15-34-14-6-10-21(28(23)34)16-24(22)29/h1-3,8-9,16,18,25H,4-7,10-15,17,19H2,(H,32,39)(H,33,35)(H,37,38)/t25-/m0/s1. The van der Waals surface area contributed by atoms with Crippen molar-refractivity contribution in [2.45, 2.75) is 64.0 Å². The number of nitrogens with one attached hydrogen (secondary N) is 2. The Morgan fingerprint density at radius 1 is 1.05 bits per heavy atom. The molecule has 10 nitrogen and oxygen atoms in total. The Balaban J connectivity index is 1.15. The van der Waals surface area contributed by atoms with Gasteiger partial charge in [-0.2, -0.15) is 0 Å². The molecule has 0 aliphatic carbocycles. The molecule has 216 valence electrons. The van der Waals surface area contributed by atoms with Crippen molar-refractivity contribution in [2.75, 3.05) is 24.5 Å². The third-order valence-electron chi connectivity index (χ3n) is 7.70. The first-order valence-corrected chi connectivity index (χ1v) is 14.2. The number of nitrogens with zero attached hydrogens (tertiary/aromatic N) is 1. The molecule has 0 saturated heterocycles. The number of carbonyl (C=O) groups is 3. The van der Waals surface area contributed by atoms with Crippen LogP contribution in [0.2, 0.25) is 0 Å². The average Bonchev–Trinajstić information content (AvgIpc) is 2.96. The fraction of sp³-hybridized carbons (Fsp3) is 0.419. The minimum atomic E-state index is -1.13. The lowest BCUT2D eigenvalue weighted by atomic mass is 9.88. The van der Waals surface area contributed by atoms with Crippen LogP contribution in [0.4, 0.5) is 10.5 Å². The van der Waals surface area contributed by atoms with E-state index in [2.05, 4.69) is 15.5 Å². The van der Waals surface area contributed by atoms with Gasteiger partial charge in [0.25, 0.3) is 0 Å². The number of fused-ring (bicyclic) bond motifs is 2. The van der Waals surface area contributed by atoms with E-state index in [1.54, 1.807) is 0 Å². The zero-order chi connectivity index (χ0) is 28.8. The molecule has 5 rings (SSSR count). The highest BCUT2D eigenvalue weighted by Gasteiger charge is 2.28. The maximum Gasteiger partial charge on any atom is 0.407 e. The molecule has 1 aromatic heterocycles. The van der Waals surface area contributed by atoms with E-state index in [0.717, 1.165) is 55.3 Å². The number of carboxylic acid groups (broad SMARTS) is 1.